The third-order valence-electron chi connectivity index (χ3n) is 2.96. The molecule has 1 aromatic heterocycles. The lowest BCUT2D eigenvalue weighted by molar-refractivity contribution is 0.325. The smallest absolute Gasteiger partial charge is 0.218 e. The molecule has 0 amide bonds. The second-order valence-electron chi connectivity index (χ2n) is 4.37. The largest absolute Gasteiger partial charge is 0.478 e. The van der Waals surface area contributed by atoms with Crippen molar-refractivity contribution in [2.24, 2.45) is 5.73 Å². The van der Waals surface area contributed by atoms with Gasteiger partial charge in [-0.3, -0.25) is 0 Å². The van der Waals surface area contributed by atoms with Gasteiger partial charge in [0.05, 0.1) is 6.61 Å². The van der Waals surface area contributed by atoms with Gasteiger partial charge in [0.2, 0.25) is 5.88 Å². The van der Waals surface area contributed by atoms with Gasteiger partial charge in [-0.1, -0.05) is 0 Å². The van der Waals surface area contributed by atoms with Crippen LogP contribution in [0.5, 0.6) is 5.88 Å². The van der Waals surface area contributed by atoms with Gasteiger partial charge in [0.1, 0.15) is 11.6 Å². The van der Waals surface area contributed by atoms with Crippen molar-refractivity contribution in [3.05, 3.63) is 11.9 Å². The molecule has 1 aliphatic heterocycles. The summed E-state index contributed by atoms with van der Waals surface area (Å²) in [6, 6.07) is 2.24. The van der Waals surface area contributed by atoms with E-state index in [1.54, 1.807) is 0 Å². The van der Waals surface area contributed by atoms with Crippen LogP contribution in [0, 0.1) is 6.92 Å². The van der Waals surface area contributed by atoms with Crippen LogP contribution >= 0.6 is 0 Å². The van der Waals surface area contributed by atoms with E-state index in [1.807, 2.05) is 19.9 Å². The first-order valence-electron chi connectivity index (χ1n) is 6.18. The van der Waals surface area contributed by atoms with E-state index in [2.05, 4.69) is 14.9 Å². The van der Waals surface area contributed by atoms with E-state index in [1.165, 1.54) is 0 Å². The Labute approximate surface area is 102 Å². The molecule has 17 heavy (non-hydrogen) atoms. The lowest BCUT2D eigenvalue weighted by Gasteiger charge is -2.31. The molecule has 2 rings (SSSR count). The maximum atomic E-state index is 5.90. The number of nitrogens with two attached hydrogens (primary N) is 1. The molecule has 1 saturated heterocycles. The van der Waals surface area contributed by atoms with E-state index in [0.717, 1.165) is 37.6 Å². The second kappa shape index (κ2) is 5.31. The summed E-state index contributed by atoms with van der Waals surface area (Å²) < 4.78 is 5.44. The molecule has 5 nitrogen and oxygen atoms in total. The highest BCUT2D eigenvalue weighted by molar-refractivity contribution is 5.42. The van der Waals surface area contributed by atoms with E-state index in [0.29, 0.717) is 18.5 Å². The van der Waals surface area contributed by atoms with Gasteiger partial charge in [0.25, 0.3) is 0 Å². The molecule has 0 saturated carbocycles. The lowest BCUT2D eigenvalue weighted by atomic mass is 10.1. The Hall–Kier alpha value is -1.36. The molecule has 0 unspecified atom stereocenters. The number of aromatic nitrogens is 2. The number of hydrogen-bond donors (Lipinski definition) is 1. The summed E-state index contributed by atoms with van der Waals surface area (Å²) in [6.07, 6.45) is 2.04. The van der Waals surface area contributed by atoms with Crippen molar-refractivity contribution in [3.8, 4) is 5.88 Å². The molecular weight excluding hydrogens is 216 g/mol. The van der Waals surface area contributed by atoms with Crippen molar-refractivity contribution in [1.29, 1.82) is 0 Å². The first-order valence-corrected chi connectivity index (χ1v) is 6.18. The molecule has 0 aliphatic carbocycles. The van der Waals surface area contributed by atoms with Crippen molar-refractivity contribution >= 4 is 5.82 Å². The van der Waals surface area contributed by atoms with Gasteiger partial charge in [-0.25, -0.2) is 4.98 Å². The first-order chi connectivity index (χ1) is 8.19. The predicted octanol–water partition coefficient (Wildman–Crippen LogP) is 1.11. The summed E-state index contributed by atoms with van der Waals surface area (Å²) in [6.45, 7) is 6.39. The average Bonchev–Trinajstić information content (AvgIpc) is 2.29. The van der Waals surface area contributed by atoms with Crippen molar-refractivity contribution in [3.63, 3.8) is 0 Å². The van der Waals surface area contributed by atoms with E-state index in [9.17, 15) is 0 Å². The summed E-state index contributed by atoms with van der Waals surface area (Å²) in [5.74, 6) is 2.36. The standard InChI is InChI=1S/C12H20N4O/c1-3-17-12-8-11(14-9(2)15-12)16-6-4-10(13)5-7-16/h8,10H,3-7,13H2,1-2H3. The third-order valence-corrected chi connectivity index (χ3v) is 2.96. The quantitative estimate of drug-likeness (QED) is 0.851. The van der Waals surface area contributed by atoms with Crippen LogP contribution in [-0.4, -0.2) is 35.7 Å². The van der Waals surface area contributed by atoms with Crippen LogP contribution in [0.25, 0.3) is 0 Å². The van der Waals surface area contributed by atoms with Gasteiger partial charge in [0.15, 0.2) is 0 Å². The SMILES string of the molecule is CCOc1cc(N2CCC(N)CC2)nc(C)n1. The number of hydrogen-bond acceptors (Lipinski definition) is 5. The molecule has 0 aromatic carbocycles. The summed E-state index contributed by atoms with van der Waals surface area (Å²) in [4.78, 5) is 11.0. The minimum absolute atomic E-state index is 0.334. The number of nitrogens with zero attached hydrogens (tertiary/aromatic N) is 3. The van der Waals surface area contributed by atoms with E-state index >= 15 is 0 Å². The van der Waals surface area contributed by atoms with Gasteiger partial charge in [0, 0.05) is 25.2 Å². The van der Waals surface area contributed by atoms with Crippen LogP contribution in [0.1, 0.15) is 25.6 Å². The highest BCUT2D eigenvalue weighted by atomic mass is 16.5. The first kappa shape index (κ1) is 12.1. The summed E-state index contributed by atoms with van der Waals surface area (Å²) in [5.41, 5.74) is 5.90. The van der Waals surface area contributed by atoms with Gasteiger partial charge in [-0.05, 0) is 26.7 Å². The zero-order valence-electron chi connectivity index (χ0n) is 10.5. The summed E-state index contributed by atoms with van der Waals surface area (Å²) >= 11 is 0. The molecule has 0 bridgehead atoms. The minimum atomic E-state index is 0.334. The Morgan fingerprint density at radius 3 is 2.76 bits per heavy atom. The van der Waals surface area contributed by atoms with Crippen molar-refractivity contribution < 1.29 is 4.74 Å². The molecule has 1 aliphatic rings. The Morgan fingerprint density at radius 1 is 1.41 bits per heavy atom. The van der Waals surface area contributed by atoms with E-state index in [-0.39, 0.29) is 0 Å². The number of anilines is 1. The van der Waals surface area contributed by atoms with Gasteiger partial charge in [-0.15, -0.1) is 0 Å². The van der Waals surface area contributed by atoms with Crippen molar-refractivity contribution in [1.82, 2.24) is 9.97 Å². The fraction of sp³-hybridized carbons (Fsp3) is 0.667. The van der Waals surface area contributed by atoms with E-state index in [4.69, 9.17) is 10.5 Å². The summed E-state index contributed by atoms with van der Waals surface area (Å²) in [5, 5.41) is 0. The number of aryl methyl sites for hydroxylation is 1. The molecule has 1 aromatic rings. The number of piperidine rings is 1. The fourth-order valence-electron chi connectivity index (χ4n) is 2.04. The Kier molecular flexibility index (Phi) is 3.78. The lowest BCUT2D eigenvalue weighted by Crippen LogP contribution is -2.40. The third kappa shape index (κ3) is 3.06. The highest BCUT2D eigenvalue weighted by Crippen LogP contribution is 2.21. The van der Waals surface area contributed by atoms with Gasteiger partial charge >= 0.3 is 0 Å². The second-order valence-corrected chi connectivity index (χ2v) is 4.37. The highest BCUT2D eigenvalue weighted by Gasteiger charge is 2.18. The Morgan fingerprint density at radius 2 is 2.12 bits per heavy atom. The predicted molar refractivity (Wildman–Crippen MR) is 67.4 cm³/mol. The molecule has 0 atom stereocenters. The van der Waals surface area contributed by atoms with Gasteiger partial charge < -0.3 is 15.4 Å². The van der Waals surface area contributed by atoms with Crippen LogP contribution in [0.2, 0.25) is 0 Å². The zero-order valence-corrected chi connectivity index (χ0v) is 10.5. The van der Waals surface area contributed by atoms with Crippen LogP contribution in [0.4, 0.5) is 5.82 Å². The molecule has 2 heterocycles. The topological polar surface area (TPSA) is 64.3 Å². The Balaban J connectivity index is 2.14. The molecule has 94 valence electrons. The summed E-state index contributed by atoms with van der Waals surface area (Å²) in [7, 11) is 0. The number of ether oxygens (including phenoxy) is 1. The van der Waals surface area contributed by atoms with E-state index < -0.39 is 0 Å². The minimum Gasteiger partial charge on any atom is -0.478 e. The molecule has 1 fully saturated rings. The normalized spacial score (nSPS) is 17.2. The van der Waals surface area contributed by atoms with Crippen LogP contribution in [-0.2, 0) is 0 Å². The van der Waals surface area contributed by atoms with Crippen LogP contribution in [0.15, 0.2) is 6.07 Å². The van der Waals surface area contributed by atoms with Gasteiger partial charge in [-0.2, -0.15) is 4.98 Å². The van der Waals surface area contributed by atoms with Crippen LogP contribution < -0.4 is 15.4 Å². The van der Waals surface area contributed by atoms with Crippen molar-refractivity contribution in [2.45, 2.75) is 32.7 Å². The molecule has 0 spiro atoms. The number of rotatable bonds is 3. The van der Waals surface area contributed by atoms with Crippen molar-refractivity contribution in [2.75, 3.05) is 24.6 Å². The monoisotopic (exact) mass is 236 g/mol. The zero-order chi connectivity index (χ0) is 12.3. The fourth-order valence-corrected chi connectivity index (χ4v) is 2.04. The maximum Gasteiger partial charge on any atom is 0.218 e. The molecule has 2 N–H and O–H groups in total. The average molecular weight is 236 g/mol. The maximum absolute atomic E-state index is 5.90. The Bertz CT molecular complexity index is 375. The molecule has 5 heteroatoms. The molecule has 0 radical (unpaired) electrons. The molecular formula is C12H20N4O. The van der Waals surface area contributed by atoms with Crippen LogP contribution in [0.3, 0.4) is 0 Å².